The Hall–Kier alpha value is -4.88. The van der Waals surface area contributed by atoms with Crippen LogP contribution in [-0.4, -0.2) is 56.6 Å². The molecule has 7 heteroatoms. The summed E-state index contributed by atoms with van der Waals surface area (Å²) in [5.74, 6) is 0.567. The number of fused-ring (bicyclic) bond motifs is 1. The second-order valence-electron chi connectivity index (χ2n) is 11.2. The van der Waals surface area contributed by atoms with Crippen molar-refractivity contribution >= 4 is 28.7 Å². The maximum Gasteiger partial charge on any atom is 0.338 e. The van der Waals surface area contributed by atoms with Crippen molar-refractivity contribution in [3.63, 3.8) is 0 Å². The van der Waals surface area contributed by atoms with Crippen molar-refractivity contribution in [3.8, 4) is 0 Å². The van der Waals surface area contributed by atoms with Gasteiger partial charge >= 0.3 is 5.97 Å². The average Bonchev–Trinajstić information content (AvgIpc) is 3.68. The summed E-state index contributed by atoms with van der Waals surface area (Å²) in [6.07, 6.45) is 12.1. The molecule has 0 atom stereocenters. The number of ether oxygens (including phenoxy) is 1. The summed E-state index contributed by atoms with van der Waals surface area (Å²) in [5, 5.41) is 0. The van der Waals surface area contributed by atoms with Gasteiger partial charge in [0.1, 0.15) is 17.9 Å². The monoisotopic (exact) mass is 583 g/mol. The molecule has 3 aromatic heterocycles. The lowest BCUT2D eigenvalue weighted by Gasteiger charge is -2.14. The number of pyridine rings is 2. The van der Waals surface area contributed by atoms with E-state index in [1.54, 1.807) is 12.4 Å². The van der Waals surface area contributed by atoms with E-state index >= 15 is 0 Å². The van der Waals surface area contributed by atoms with E-state index in [-0.39, 0.29) is 12.6 Å². The summed E-state index contributed by atoms with van der Waals surface area (Å²) in [4.78, 5) is 28.9. The number of aromatic nitrogens is 4. The molecule has 0 unspecified atom stereocenters. The first-order chi connectivity index (χ1) is 21.5. The van der Waals surface area contributed by atoms with Crippen LogP contribution in [0.15, 0.2) is 97.3 Å². The van der Waals surface area contributed by atoms with Crippen LogP contribution in [0.4, 0.5) is 0 Å². The van der Waals surface area contributed by atoms with E-state index in [0.29, 0.717) is 12.1 Å². The molecule has 0 N–H and O–H groups in total. The largest absolute Gasteiger partial charge is 0.458 e. The number of carbonyl (C=O) groups excluding carboxylic acids is 1. The molecule has 0 spiro atoms. The Morgan fingerprint density at radius 2 is 1.68 bits per heavy atom. The summed E-state index contributed by atoms with van der Waals surface area (Å²) < 4.78 is 7.68. The molecule has 0 bridgehead atoms. The molecule has 6 rings (SSSR count). The second kappa shape index (κ2) is 13.6. The maximum absolute atomic E-state index is 12.7. The highest BCUT2D eigenvalue weighted by Crippen LogP contribution is 2.24. The lowest BCUT2D eigenvalue weighted by atomic mass is 10.00. The number of rotatable bonds is 10. The van der Waals surface area contributed by atoms with Crippen LogP contribution >= 0.6 is 0 Å². The van der Waals surface area contributed by atoms with Gasteiger partial charge in [-0.1, -0.05) is 54.1 Å². The molecule has 0 saturated carbocycles. The fourth-order valence-electron chi connectivity index (χ4n) is 5.59. The number of esters is 1. The minimum absolute atomic E-state index is 0.163. The smallest absolute Gasteiger partial charge is 0.338 e. The number of nitrogens with zero attached hydrogens (tertiary/aromatic N) is 5. The Morgan fingerprint density at radius 3 is 2.48 bits per heavy atom. The Bertz CT molecular complexity index is 1800. The summed E-state index contributed by atoms with van der Waals surface area (Å²) in [7, 11) is 0. The minimum Gasteiger partial charge on any atom is -0.458 e. The van der Waals surface area contributed by atoms with Gasteiger partial charge in [-0.25, -0.2) is 14.8 Å². The summed E-state index contributed by atoms with van der Waals surface area (Å²) >= 11 is 0. The highest BCUT2D eigenvalue weighted by molar-refractivity contribution is 5.89. The van der Waals surface area contributed by atoms with Gasteiger partial charge in [-0.15, -0.1) is 0 Å². The zero-order chi connectivity index (χ0) is 30.3. The highest BCUT2D eigenvalue weighted by atomic mass is 16.5. The molecule has 0 aliphatic carbocycles. The Morgan fingerprint density at radius 1 is 0.909 bits per heavy atom. The van der Waals surface area contributed by atoms with Gasteiger partial charge in [-0.2, -0.15) is 0 Å². The number of imidazole rings is 1. The van der Waals surface area contributed by atoms with E-state index < -0.39 is 0 Å². The van der Waals surface area contributed by atoms with Crippen molar-refractivity contribution in [2.24, 2.45) is 0 Å². The van der Waals surface area contributed by atoms with Gasteiger partial charge in [0.2, 0.25) is 0 Å². The Labute approximate surface area is 258 Å². The predicted molar refractivity (Wildman–Crippen MR) is 175 cm³/mol. The number of aryl methyl sites for hydroxylation is 2. The minimum atomic E-state index is -0.357. The van der Waals surface area contributed by atoms with Gasteiger partial charge in [0, 0.05) is 24.9 Å². The second-order valence-corrected chi connectivity index (χ2v) is 11.2. The summed E-state index contributed by atoms with van der Waals surface area (Å²) in [6.45, 7) is 8.13. The third-order valence-corrected chi connectivity index (χ3v) is 8.03. The highest BCUT2D eigenvalue weighted by Gasteiger charge is 2.13. The van der Waals surface area contributed by atoms with Crippen LogP contribution in [0.5, 0.6) is 0 Å². The van der Waals surface area contributed by atoms with Crippen LogP contribution in [0.2, 0.25) is 0 Å². The predicted octanol–water partition coefficient (Wildman–Crippen LogP) is 6.89. The van der Waals surface area contributed by atoms with Crippen LogP contribution in [0.25, 0.3) is 22.7 Å². The van der Waals surface area contributed by atoms with E-state index in [2.05, 4.69) is 62.8 Å². The van der Waals surface area contributed by atoms with Crippen LogP contribution in [-0.2, 0) is 11.3 Å². The molecule has 4 heterocycles. The molecule has 1 saturated heterocycles. The van der Waals surface area contributed by atoms with Gasteiger partial charge in [0.05, 0.1) is 28.7 Å². The molecular formula is C37H37N5O2. The molecule has 0 amide bonds. The van der Waals surface area contributed by atoms with Crippen molar-refractivity contribution in [2.45, 2.75) is 33.2 Å². The lowest BCUT2D eigenvalue weighted by Crippen LogP contribution is -2.19. The quantitative estimate of drug-likeness (QED) is 0.167. The maximum atomic E-state index is 12.7. The van der Waals surface area contributed by atoms with E-state index in [1.807, 2.05) is 61.5 Å². The van der Waals surface area contributed by atoms with Gasteiger partial charge in [0.15, 0.2) is 0 Å². The van der Waals surface area contributed by atoms with Gasteiger partial charge in [0.25, 0.3) is 0 Å². The van der Waals surface area contributed by atoms with Crippen LogP contribution in [0.3, 0.4) is 0 Å². The summed E-state index contributed by atoms with van der Waals surface area (Å²) in [6, 6.07) is 24.2. The van der Waals surface area contributed by atoms with Gasteiger partial charge in [-0.3, -0.25) is 9.88 Å². The van der Waals surface area contributed by atoms with Crippen molar-refractivity contribution < 1.29 is 9.53 Å². The topological polar surface area (TPSA) is 73.1 Å². The van der Waals surface area contributed by atoms with Crippen molar-refractivity contribution in [1.82, 2.24) is 24.4 Å². The van der Waals surface area contributed by atoms with Gasteiger partial charge in [-0.05, 0) is 93.4 Å². The first-order valence-electron chi connectivity index (χ1n) is 15.2. The van der Waals surface area contributed by atoms with Crippen LogP contribution in [0, 0.1) is 13.8 Å². The van der Waals surface area contributed by atoms with Gasteiger partial charge < -0.3 is 9.30 Å². The van der Waals surface area contributed by atoms with Crippen molar-refractivity contribution in [3.05, 3.63) is 137 Å². The van der Waals surface area contributed by atoms with E-state index in [4.69, 9.17) is 9.72 Å². The third-order valence-electron chi connectivity index (χ3n) is 8.03. The molecule has 222 valence electrons. The molecular weight excluding hydrogens is 546 g/mol. The van der Waals surface area contributed by atoms with Crippen molar-refractivity contribution in [2.75, 3.05) is 26.2 Å². The number of likely N-dealkylation sites (tertiary alicyclic amines) is 1. The van der Waals surface area contributed by atoms with E-state index in [0.717, 1.165) is 64.6 Å². The number of benzene rings is 2. The Balaban J connectivity index is 1.08. The molecule has 1 aliphatic heterocycles. The first-order valence-corrected chi connectivity index (χ1v) is 15.2. The lowest BCUT2D eigenvalue weighted by molar-refractivity contribution is 0.0550. The van der Waals surface area contributed by atoms with E-state index in [9.17, 15) is 4.79 Å². The molecule has 1 fully saturated rings. The molecule has 2 aromatic carbocycles. The average molecular weight is 584 g/mol. The Kier molecular flexibility index (Phi) is 9.03. The number of carbonyl (C=O) groups is 1. The molecule has 7 nitrogen and oxygen atoms in total. The molecule has 44 heavy (non-hydrogen) atoms. The zero-order valence-corrected chi connectivity index (χ0v) is 25.3. The van der Waals surface area contributed by atoms with Crippen LogP contribution in [0.1, 0.15) is 57.1 Å². The standard InChI is InChI=1S/C37H37N5O2/c1-27-10-14-30(15-11-27)33(19-23-41-21-3-4-22-41)34-9-5-7-32(40-34)8-6-24-44-37(43)31-16-12-29(13-17-31)26-42-28(2)39-35-25-38-20-18-36(35)42/h5-20,25H,3-4,21-24,26H2,1-2H3/b8-6+,33-19+. The molecule has 1 aliphatic rings. The van der Waals surface area contributed by atoms with Crippen molar-refractivity contribution in [1.29, 1.82) is 0 Å². The normalized spacial score (nSPS) is 14.1. The first kappa shape index (κ1) is 29.2. The fraction of sp³-hybridized carbons (Fsp3) is 0.243. The third kappa shape index (κ3) is 7.01. The SMILES string of the molecule is Cc1ccc(/C(=C\CN2CCCC2)c2cccc(/C=C/COC(=O)c3ccc(Cn4c(C)nc5cnccc54)cc3)n2)cc1. The van der Waals surface area contributed by atoms with E-state index in [1.165, 1.54) is 18.4 Å². The number of hydrogen-bond acceptors (Lipinski definition) is 6. The fourth-order valence-corrected chi connectivity index (χ4v) is 5.59. The summed E-state index contributed by atoms with van der Waals surface area (Å²) in [5.41, 5.74) is 8.79. The zero-order valence-electron chi connectivity index (χ0n) is 25.3. The van der Waals surface area contributed by atoms with Crippen LogP contribution < -0.4 is 0 Å². The number of hydrogen-bond donors (Lipinski definition) is 0. The molecule has 0 radical (unpaired) electrons. The molecule has 5 aromatic rings.